The Bertz CT molecular complexity index is 1080. The first kappa shape index (κ1) is 20.6. The summed E-state index contributed by atoms with van der Waals surface area (Å²) >= 11 is 0. The summed E-state index contributed by atoms with van der Waals surface area (Å²) in [5.74, 6) is -2.16. The monoisotopic (exact) mass is 414 g/mol. The van der Waals surface area contributed by atoms with Gasteiger partial charge in [-0.2, -0.15) is 0 Å². The van der Waals surface area contributed by atoms with Gasteiger partial charge in [0.2, 0.25) is 5.89 Å². The zero-order valence-electron chi connectivity index (χ0n) is 15.6. The lowest BCUT2D eigenvalue weighted by molar-refractivity contribution is -0.384. The molecule has 154 valence electrons. The van der Waals surface area contributed by atoms with Crippen LogP contribution in [0.3, 0.4) is 0 Å². The highest BCUT2D eigenvalue weighted by molar-refractivity contribution is 5.96. The molecule has 0 fully saturated rings. The molecule has 0 bridgehead atoms. The van der Waals surface area contributed by atoms with Crippen molar-refractivity contribution in [2.45, 2.75) is 13.0 Å². The predicted octanol–water partition coefficient (Wildman–Crippen LogP) is 2.82. The topological polar surface area (TPSA) is 137 Å². The number of amides is 1. The number of nitrogens with zero attached hydrogens (tertiary/aromatic N) is 3. The molecule has 0 aliphatic carbocycles. The van der Waals surface area contributed by atoms with Crippen LogP contribution in [0.1, 0.15) is 29.3 Å². The number of halogens is 1. The summed E-state index contributed by atoms with van der Waals surface area (Å²) in [5, 5.41) is 20.6. The van der Waals surface area contributed by atoms with E-state index in [9.17, 15) is 24.1 Å². The molecule has 0 aliphatic heterocycles. The number of benzene rings is 2. The molecule has 1 N–H and O–H groups in total. The molecule has 0 saturated heterocycles. The fraction of sp³-hybridized carbons (Fsp3) is 0.158. The van der Waals surface area contributed by atoms with Crippen LogP contribution in [-0.4, -0.2) is 33.5 Å². The average Bonchev–Trinajstić information content (AvgIpc) is 3.23. The highest BCUT2D eigenvalue weighted by Gasteiger charge is 2.20. The molecule has 3 rings (SSSR count). The third kappa shape index (κ3) is 4.82. The molecule has 1 atom stereocenters. The quantitative estimate of drug-likeness (QED) is 0.354. The van der Waals surface area contributed by atoms with Crippen LogP contribution < -0.4 is 5.32 Å². The average molecular weight is 414 g/mol. The van der Waals surface area contributed by atoms with Gasteiger partial charge in [-0.25, -0.2) is 4.39 Å². The van der Waals surface area contributed by atoms with Gasteiger partial charge in [0.15, 0.2) is 6.10 Å². The smallest absolute Gasteiger partial charge is 0.326 e. The van der Waals surface area contributed by atoms with Crippen LogP contribution in [0, 0.1) is 15.9 Å². The number of esters is 1. The number of nitro groups is 1. The normalized spacial score (nSPS) is 11.5. The van der Waals surface area contributed by atoms with Crippen molar-refractivity contribution in [3.63, 3.8) is 0 Å². The number of nitrogens with one attached hydrogen (secondary N) is 1. The molecule has 1 heterocycles. The number of hydrogen-bond donors (Lipinski definition) is 1. The van der Waals surface area contributed by atoms with Crippen molar-refractivity contribution in [2.75, 3.05) is 6.54 Å². The zero-order valence-corrected chi connectivity index (χ0v) is 15.6. The number of carbonyl (C=O) groups is 2. The van der Waals surface area contributed by atoms with E-state index in [1.165, 1.54) is 49.4 Å². The van der Waals surface area contributed by atoms with Gasteiger partial charge in [0.1, 0.15) is 12.4 Å². The van der Waals surface area contributed by atoms with E-state index in [1.54, 1.807) is 0 Å². The maximum Gasteiger partial charge on any atom is 0.326 e. The van der Waals surface area contributed by atoms with Gasteiger partial charge in [0, 0.05) is 17.7 Å². The van der Waals surface area contributed by atoms with Gasteiger partial charge in [-0.15, -0.1) is 10.2 Å². The van der Waals surface area contributed by atoms with Crippen LogP contribution in [-0.2, 0) is 9.53 Å². The van der Waals surface area contributed by atoms with E-state index in [0.717, 1.165) is 6.07 Å². The molecule has 0 unspecified atom stereocenters. The molecular formula is C19H15FN4O6. The number of aromatic nitrogens is 2. The van der Waals surface area contributed by atoms with Crippen LogP contribution in [0.15, 0.2) is 52.9 Å². The summed E-state index contributed by atoms with van der Waals surface area (Å²) in [5.41, 5.74) is 0.177. The van der Waals surface area contributed by atoms with Crippen molar-refractivity contribution in [1.82, 2.24) is 15.5 Å². The van der Waals surface area contributed by atoms with Crippen molar-refractivity contribution in [1.29, 1.82) is 0 Å². The Hall–Kier alpha value is -4.15. The minimum atomic E-state index is -0.915. The zero-order chi connectivity index (χ0) is 21.7. The van der Waals surface area contributed by atoms with Gasteiger partial charge >= 0.3 is 5.97 Å². The Labute approximate surface area is 168 Å². The third-order valence-electron chi connectivity index (χ3n) is 3.93. The van der Waals surface area contributed by atoms with Gasteiger partial charge in [0.25, 0.3) is 17.5 Å². The molecular weight excluding hydrogens is 399 g/mol. The molecule has 0 aliphatic rings. The molecule has 1 aromatic heterocycles. The molecule has 11 heteroatoms. The summed E-state index contributed by atoms with van der Waals surface area (Å²) in [6.45, 7) is 1.00. The van der Waals surface area contributed by atoms with Crippen LogP contribution in [0.25, 0.3) is 11.5 Å². The third-order valence-corrected chi connectivity index (χ3v) is 3.93. The van der Waals surface area contributed by atoms with Crippen molar-refractivity contribution in [2.24, 2.45) is 0 Å². The van der Waals surface area contributed by atoms with Crippen molar-refractivity contribution in [3.8, 4) is 11.5 Å². The van der Waals surface area contributed by atoms with Crippen LogP contribution >= 0.6 is 0 Å². The summed E-state index contributed by atoms with van der Waals surface area (Å²) < 4.78 is 24.1. The fourth-order valence-corrected chi connectivity index (χ4v) is 2.42. The maximum atomic E-state index is 13.6. The molecule has 2 aromatic carbocycles. The Kier molecular flexibility index (Phi) is 6.11. The van der Waals surface area contributed by atoms with Gasteiger partial charge < -0.3 is 14.5 Å². The van der Waals surface area contributed by atoms with E-state index in [-0.39, 0.29) is 23.0 Å². The van der Waals surface area contributed by atoms with E-state index in [4.69, 9.17) is 9.15 Å². The van der Waals surface area contributed by atoms with E-state index >= 15 is 0 Å². The molecule has 0 radical (unpaired) electrons. The number of ether oxygens (including phenoxy) is 1. The highest BCUT2D eigenvalue weighted by Crippen LogP contribution is 2.24. The summed E-state index contributed by atoms with van der Waals surface area (Å²) in [6, 6.07) is 10.8. The highest BCUT2D eigenvalue weighted by atomic mass is 19.1. The first-order valence-corrected chi connectivity index (χ1v) is 8.65. The number of non-ortho nitro benzene ring substituents is 1. The van der Waals surface area contributed by atoms with Crippen LogP contribution in [0.5, 0.6) is 0 Å². The van der Waals surface area contributed by atoms with E-state index in [0.29, 0.717) is 5.56 Å². The molecule has 10 nitrogen and oxygen atoms in total. The molecule has 0 spiro atoms. The van der Waals surface area contributed by atoms with Gasteiger partial charge in [-0.05, 0) is 31.2 Å². The Morgan fingerprint density at radius 3 is 2.57 bits per heavy atom. The second kappa shape index (κ2) is 8.90. The number of hydrogen-bond acceptors (Lipinski definition) is 8. The summed E-state index contributed by atoms with van der Waals surface area (Å²) in [4.78, 5) is 34.0. The van der Waals surface area contributed by atoms with Gasteiger partial charge in [-0.3, -0.25) is 19.7 Å². The van der Waals surface area contributed by atoms with Crippen molar-refractivity contribution in [3.05, 3.63) is 75.9 Å². The van der Waals surface area contributed by atoms with Gasteiger partial charge in [-0.1, -0.05) is 12.1 Å². The summed E-state index contributed by atoms with van der Waals surface area (Å²) in [6.07, 6.45) is -0.915. The second-order valence-electron chi connectivity index (χ2n) is 6.04. The second-order valence-corrected chi connectivity index (χ2v) is 6.04. The first-order chi connectivity index (χ1) is 14.3. The van der Waals surface area contributed by atoms with Crippen LogP contribution in [0.4, 0.5) is 10.1 Å². The lowest BCUT2D eigenvalue weighted by Crippen LogP contribution is -2.31. The summed E-state index contributed by atoms with van der Waals surface area (Å²) in [7, 11) is 0. The van der Waals surface area contributed by atoms with Crippen molar-refractivity contribution >= 4 is 17.6 Å². The minimum Gasteiger partial charge on any atom is -0.451 e. The minimum absolute atomic E-state index is 0.00265. The van der Waals surface area contributed by atoms with E-state index < -0.39 is 35.3 Å². The van der Waals surface area contributed by atoms with Crippen molar-refractivity contribution < 1.29 is 28.1 Å². The van der Waals surface area contributed by atoms with E-state index in [2.05, 4.69) is 15.5 Å². The lowest BCUT2D eigenvalue weighted by atomic mass is 10.2. The van der Waals surface area contributed by atoms with E-state index in [1.807, 2.05) is 0 Å². The predicted molar refractivity (Wildman–Crippen MR) is 99.6 cm³/mol. The standard InChI is InChI=1S/C19H15FN4O6/c1-11(29-16(25)10-21-17(26)14-4-2-3-5-15(14)20)18-22-23-19(30-18)12-6-8-13(9-7-12)24(27)28/h2-9,11H,10H2,1H3,(H,21,26)/t11-/m1/s1. The molecule has 1 amide bonds. The maximum absolute atomic E-state index is 13.6. The Morgan fingerprint density at radius 2 is 1.90 bits per heavy atom. The lowest BCUT2D eigenvalue weighted by Gasteiger charge is -2.10. The number of carbonyl (C=O) groups excluding carboxylic acids is 2. The van der Waals surface area contributed by atoms with Gasteiger partial charge in [0.05, 0.1) is 10.5 Å². The Balaban J connectivity index is 1.56. The first-order valence-electron chi connectivity index (χ1n) is 8.65. The largest absolute Gasteiger partial charge is 0.451 e. The Morgan fingerprint density at radius 1 is 1.20 bits per heavy atom. The van der Waals surface area contributed by atoms with Crippen LogP contribution in [0.2, 0.25) is 0 Å². The number of nitro benzene ring substituents is 1. The number of rotatable bonds is 7. The molecule has 0 saturated carbocycles. The molecule has 3 aromatic rings. The SMILES string of the molecule is C[C@@H](OC(=O)CNC(=O)c1ccccc1F)c1nnc(-c2ccc([N+](=O)[O-])cc2)o1. The fourth-order valence-electron chi connectivity index (χ4n) is 2.42. The molecule has 30 heavy (non-hydrogen) atoms.